The number of amides is 1. The highest BCUT2D eigenvalue weighted by atomic mass is 79.9. The molecule has 2 rings (SSSR count). The Hall–Kier alpha value is -2.14. The zero-order chi connectivity index (χ0) is 21.1. The lowest BCUT2D eigenvalue weighted by molar-refractivity contribution is -0.394. The molecule has 0 unspecified atom stereocenters. The van der Waals surface area contributed by atoms with E-state index in [1.807, 2.05) is 0 Å². The summed E-state index contributed by atoms with van der Waals surface area (Å²) in [5.41, 5.74) is -1.07. The largest absolute Gasteiger partial charge is 0.362 e. The second-order valence-corrected chi connectivity index (χ2v) is 8.64. The van der Waals surface area contributed by atoms with Crippen molar-refractivity contribution in [1.29, 1.82) is 0 Å². The van der Waals surface area contributed by atoms with Crippen molar-refractivity contribution in [3.05, 3.63) is 72.7 Å². The van der Waals surface area contributed by atoms with Gasteiger partial charge in [0.15, 0.2) is 0 Å². The van der Waals surface area contributed by atoms with Gasteiger partial charge in [0.1, 0.15) is 6.17 Å². The first kappa shape index (κ1) is 22.2. The van der Waals surface area contributed by atoms with E-state index in [0.717, 1.165) is 22.7 Å². The number of alkyl halides is 3. The lowest BCUT2D eigenvalue weighted by Crippen LogP contribution is -2.49. The Labute approximate surface area is 181 Å². The molecule has 0 bridgehead atoms. The number of halogens is 4. The third kappa shape index (κ3) is 5.93. The average Bonchev–Trinajstić information content (AvgIpc) is 2.61. The van der Waals surface area contributed by atoms with Crippen molar-refractivity contribution >= 4 is 73.7 Å². The van der Waals surface area contributed by atoms with E-state index in [9.17, 15) is 25.0 Å². The number of hydrogen-bond acceptors (Lipinski definition) is 6. The summed E-state index contributed by atoms with van der Waals surface area (Å²) in [5, 5.41) is 27.1. The van der Waals surface area contributed by atoms with Crippen LogP contribution in [0.1, 0.15) is 10.4 Å². The van der Waals surface area contributed by atoms with Gasteiger partial charge in [0.2, 0.25) is 3.79 Å². The molecule has 0 aliphatic carbocycles. The van der Waals surface area contributed by atoms with Crippen LogP contribution in [0.15, 0.2) is 46.9 Å². The highest BCUT2D eigenvalue weighted by Gasteiger charge is 2.35. The summed E-state index contributed by atoms with van der Waals surface area (Å²) < 4.78 is -1.20. The number of nitro benzene ring substituents is 2. The summed E-state index contributed by atoms with van der Waals surface area (Å²) in [6.07, 6.45) is -1.25. The summed E-state index contributed by atoms with van der Waals surface area (Å²) in [7, 11) is 0. The summed E-state index contributed by atoms with van der Waals surface area (Å²) in [6.45, 7) is 0. The summed E-state index contributed by atoms with van der Waals surface area (Å²) in [4.78, 5) is 32.8. The van der Waals surface area contributed by atoms with Gasteiger partial charge in [-0.1, -0.05) is 50.7 Å². The molecule has 0 spiro atoms. The molecule has 28 heavy (non-hydrogen) atoms. The fourth-order valence-corrected chi connectivity index (χ4v) is 2.66. The summed E-state index contributed by atoms with van der Waals surface area (Å²) in [6, 6.07) is 9.24. The lowest BCUT2D eigenvalue weighted by atomic mass is 10.1. The monoisotopic (exact) mass is 510 g/mol. The number of hydrogen-bond donors (Lipinski definition) is 2. The van der Waals surface area contributed by atoms with E-state index >= 15 is 0 Å². The minimum absolute atomic E-state index is 0.335. The van der Waals surface area contributed by atoms with Crippen LogP contribution < -0.4 is 10.6 Å². The van der Waals surface area contributed by atoms with E-state index in [1.165, 1.54) is 0 Å². The van der Waals surface area contributed by atoms with Crippen LogP contribution in [0.2, 0.25) is 0 Å². The number of nitro groups is 2. The van der Waals surface area contributed by atoms with Crippen molar-refractivity contribution in [2.45, 2.75) is 9.96 Å². The van der Waals surface area contributed by atoms with Crippen LogP contribution in [-0.4, -0.2) is 25.7 Å². The van der Waals surface area contributed by atoms with Crippen LogP contribution in [0.25, 0.3) is 0 Å². The van der Waals surface area contributed by atoms with Gasteiger partial charge in [-0.25, -0.2) is 0 Å². The first-order valence-electron chi connectivity index (χ1n) is 7.31. The van der Waals surface area contributed by atoms with Gasteiger partial charge in [0.25, 0.3) is 17.3 Å². The zero-order valence-electron chi connectivity index (χ0n) is 13.6. The van der Waals surface area contributed by atoms with Crippen LogP contribution in [-0.2, 0) is 0 Å². The summed E-state index contributed by atoms with van der Waals surface area (Å²) in [5.74, 6) is -0.910. The number of benzene rings is 2. The van der Waals surface area contributed by atoms with Crippen molar-refractivity contribution in [3.63, 3.8) is 0 Å². The maximum Gasteiger partial charge on any atom is 0.277 e. The first-order chi connectivity index (χ1) is 13.0. The van der Waals surface area contributed by atoms with Crippen molar-refractivity contribution in [2.24, 2.45) is 0 Å². The predicted octanol–water partition coefficient (Wildman–Crippen LogP) is 4.80. The fraction of sp³-hybridized carbons (Fsp3) is 0.133. The Balaban J connectivity index is 2.31. The molecule has 0 radical (unpaired) electrons. The van der Waals surface area contributed by atoms with E-state index < -0.39 is 37.1 Å². The predicted molar refractivity (Wildman–Crippen MR) is 109 cm³/mol. The Morgan fingerprint density at radius 1 is 1.00 bits per heavy atom. The molecule has 1 atom stereocenters. The molecule has 0 heterocycles. The van der Waals surface area contributed by atoms with Crippen LogP contribution in [0.5, 0.6) is 0 Å². The van der Waals surface area contributed by atoms with Crippen LogP contribution in [0.4, 0.5) is 17.1 Å². The van der Waals surface area contributed by atoms with Crippen molar-refractivity contribution in [2.75, 3.05) is 5.32 Å². The van der Waals surface area contributed by atoms with E-state index in [4.69, 9.17) is 34.8 Å². The molecule has 13 heteroatoms. The third-order valence-corrected chi connectivity index (χ3v) is 4.53. The molecule has 9 nitrogen and oxygen atoms in total. The van der Waals surface area contributed by atoms with Gasteiger partial charge in [-0.3, -0.25) is 25.0 Å². The quantitative estimate of drug-likeness (QED) is 0.248. The number of rotatable bonds is 6. The van der Waals surface area contributed by atoms with E-state index in [1.54, 1.807) is 24.3 Å². The van der Waals surface area contributed by atoms with Gasteiger partial charge in [-0.2, -0.15) is 0 Å². The molecule has 0 fully saturated rings. The molecular weight excluding hydrogens is 502 g/mol. The van der Waals surface area contributed by atoms with Gasteiger partial charge in [0, 0.05) is 22.3 Å². The molecule has 2 aromatic carbocycles. The zero-order valence-corrected chi connectivity index (χ0v) is 17.4. The Kier molecular flexibility index (Phi) is 7.05. The van der Waals surface area contributed by atoms with Crippen molar-refractivity contribution in [1.82, 2.24) is 5.32 Å². The standard InChI is InChI=1S/C15H10BrCl3N4O5/c16-9-1-3-10(4-2-9)20-14(15(17,18)19)21-13(24)8-5-11(22(25)26)7-12(6-8)23(27)28/h1-7,14,20H,(H,21,24)/t14-/m0/s1. The number of nitrogens with one attached hydrogen (secondary N) is 2. The molecule has 2 aromatic rings. The third-order valence-electron chi connectivity index (χ3n) is 3.34. The number of non-ortho nitro benzene ring substituents is 2. The number of carbonyl (C=O) groups excluding carboxylic acids is 1. The molecule has 1 amide bonds. The number of anilines is 1. The molecule has 0 aromatic heterocycles. The van der Waals surface area contributed by atoms with Crippen molar-refractivity contribution < 1.29 is 14.6 Å². The maximum absolute atomic E-state index is 12.5. The molecule has 0 saturated carbocycles. The van der Waals surface area contributed by atoms with Gasteiger partial charge in [-0.05, 0) is 24.3 Å². The topological polar surface area (TPSA) is 127 Å². The highest BCUT2D eigenvalue weighted by Crippen LogP contribution is 2.32. The number of nitrogens with zero attached hydrogens (tertiary/aromatic N) is 2. The van der Waals surface area contributed by atoms with Gasteiger partial charge < -0.3 is 10.6 Å². The molecule has 0 saturated heterocycles. The molecule has 148 valence electrons. The Morgan fingerprint density at radius 3 is 1.93 bits per heavy atom. The fourth-order valence-electron chi connectivity index (χ4n) is 2.06. The maximum atomic E-state index is 12.5. The second-order valence-electron chi connectivity index (χ2n) is 5.35. The molecular formula is C15H10BrCl3N4O5. The van der Waals surface area contributed by atoms with Gasteiger partial charge >= 0.3 is 0 Å². The minimum atomic E-state index is -2.00. The number of carbonyl (C=O) groups is 1. The van der Waals surface area contributed by atoms with E-state index in [-0.39, 0.29) is 5.56 Å². The highest BCUT2D eigenvalue weighted by molar-refractivity contribution is 9.10. The Morgan fingerprint density at radius 2 is 1.50 bits per heavy atom. The van der Waals surface area contributed by atoms with E-state index in [0.29, 0.717) is 5.69 Å². The minimum Gasteiger partial charge on any atom is -0.362 e. The van der Waals surface area contributed by atoms with Crippen LogP contribution in [0, 0.1) is 20.2 Å². The summed E-state index contributed by atoms with van der Waals surface area (Å²) >= 11 is 21.0. The molecule has 0 aliphatic heterocycles. The Bertz CT molecular complexity index is 889. The SMILES string of the molecule is O=C(N[C@H](Nc1ccc(Br)cc1)C(Cl)(Cl)Cl)c1cc([N+](=O)[O-])cc([N+](=O)[O-])c1. The smallest absolute Gasteiger partial charge is 0.277 e. The van der Waals surface area contributed by atoms with Crippen LogP contribution in [0.3, 0.4) is 0 Å². The first-order valence-corrected chi connectivity index (χ1v) is 9.23. The molecule has 0 aliphatic rings. The lowest BCUT2D eigenvalue weighted by Gasteiger charge is -2.27. The second kappa shape index (κ2) is 8.91. The van der Waals surface area contributed by atoms with Gasteiger partial charge in [0.05, 0.1) is 21.5 Å². The average molecular weight is 513 g/mol. The molecule has 2 N–H and O–H groups in total. The van der Waals surface area contributed by atoms with Crippen molar-refractivity contribution in [3.8, 4) is 0 Å². The normalized spacial score (nSPS) is 12.1. The van der Waals surface area contributed by atoms with Crippen LogP contribution >= 0.6 is 50.7 Å². The van der Waals surface area contributed by atoms with Gasteiger partial charge in [-0.15, -0.1) is 0 Å². The van der Waals surface area contributed by atoms with E-state index in [2.05, 4.69) is 26.6 Å².